The zero-order valence-electron chi connectivity index (χ0n) is 18.0. The summed E-state index contributed by atoms with van der Waals surface area (Å²) in [5.74, 6) is -1.01. The number of benzene rings is 1. The van der Waals surface area contributed by atoms with Crippen molar-refractivity contribution in [3.63, 3.8) is 0 Å². The molecular weight excluding hydrogens is 430 g/mol. The Balaban J connectivity index is 1.36. The molecule has 32 heavy (non-hydrogen) atoms. The van der Waals surface area contributed by atoms with Gasteiger partial charge in [-0.3, -0.25) is 9.59 Å². The average molecular weight is 460 g/mol. The van der Waals surface area contributed by atoms with Crippen LogP contribution in [-0.4, -0.2) is 72.5 Å². The number of nitrogens with one attached hydrogen (secondary N) is 1. The zero-order chi connectivity index (χ0) is 22.7. The van der Waals surface area contributed by atoms with Crippen molar-refractivity contribution in [1.29, 1.82) is 5.26 Å². The molecule has 2 amide bonds. The van der Waals surface area contributed by atoms with Crippen molar-refractivity contribution in [1.82, 2.24) is 18.8 Å². The van der Waals surface area contributed by atoms with Crippen LogP contribution in [0.15, 0.2) is 30.3 Å². The number of likely N-dealkylation sites (tertiary alicyclic amines) is 1. The maximum atomic E-state index is 13.3. The molecule has 0 radical (unpaired) electrons. The lowest BCUT2D eigenvalue weighted by Gasteiger charge is -2.41. The van der Waals surface area contributed by atoms with Crippen molar-refractivity contribution in [3.8, 4) is 6.07 Å². The Morgan fingerprint density at radius 1 is 1.03 bits per heavy atom. The molecular formula is C22H29N5O4S. The molecule has 3 heterocycles. The maximum Gasteiger partial charge on any atom is 0.282 e. The van der Waals surface area contributed by atoms with Crippen LogP contribution in [0.1, 0.15) is 31.2 Å². The topological polar surface area (TPSA) is 114 Å². The molecule has 1 aromatic carbocycles. The van der Waals surface area contributed by atoms with Crippen molar-refractivity contribution < 1.29 is 18.0 Å². The molecule has 3 fully saturated rings. The Kier molecular flexibility index (Phi) is 6.79. The molecule has 0 aromatic heterocycles. The highest BCUT2D eigenvalue weighted by molar-refractivity contribution is 7.86. The molecule has 3 aliphatic rings. The zero-order valence-corrected chi connectivity index (χ0v) is 18.8. The average Bonchev–Trinajstić information content (AvgIpc) is 3.27. The van der Waals surface area contributed by atoms with Gasteiger partial charge in [0.15, 0.2) is 0 Å². The standard InChI is InChI=1S/C22H29N5O4S/c23-12-18-14-26(15-18)32(30,31)25-10-4-8-19(16-25)22(29)27-11-5-9-20(27)21(28)24-13-17-6-2-1-3-7-17/h1-3,6-7,18-20H,4-5,8-11,13-16H2,(H,24,28). The molecule has 0 bridgehead atoms. The normalized spacial score (nSPS) is 25.2. The lowest BCUT2D eigenvalue weighted by atomic mass is 9.97. The summed E-state index contributed by atoms with van der Waals surface area (Å²) < 4.78 is 28.4. The minimum absolute atomic E-state index is 0.129. The first-order valence-electron chi connectivity index (χ1n) is 11.2. The number of carbonyl (C=O) groups excluding carboxylic acids is 2. The Morgan fingerprint density at radius 2 is 1.75 bits per heavy atom. The first-order chi connectivity index (χ1) is 15.4. The van der Waals surface area contributed by atoms with Crippen molar-refractivity contribution in [2.75, 3.05) is 32.7 Å². The van der Waals surface area contributed by atoms with Gasteiger partial charge in [-0.05, 0) is 31.2 Å². The van der Waals surface area contributed by atoms with E-state index < -0.39 is 22.2 Å². The highest BCUT2D eigenvalue weighted by Crippen LogP contribution is 2.29. The van der Waals surface area contributed by atoms with Gasteiger partial charge in [-0.1, -0.05) is 30.3 Å². The van der Waals surface area contributed by atoms with Gasteiger partial charge in [-0.15, -0.1) is 0 Å². The quantitative estimate of drug-likeness (QED) is 0.673. The monoisotopic (exact) mass is 459 g/mol. The Bertz CT molecular complexity index is 987. The van der Waals surface area contributed by atoms with Crippen molar-refractivity contribution in [2.45, 2.75) is 38.3 Å². The van der Waals surface area contributed by atoms with Crippen LogP contribution < -0.4 is 5.32 Å². The largest absolute Gasteiger partial charge is 0.350 e. The summed E-state index contributed by atoms with van der Waals surface area (Å²) >= 11 is 0. The van der Waals surface area contributed by atoms with E-state index in [1.165, 1.54) is 8.61 Å². The smallest absolute Gasteiger partial charge is 0.282 e. The van der Waals surface area contributed by atoms with E-state index in [1.807, 2.05) is 30.3 Å². The number of hydrogen-bond acceptors (Lipinski definition) is 5. The molecule has 2 unspecified atom stereocenters. The first-order valence-corrected chi connectivity index (χ1v) is 12.6. The second-order valence-corrected chi connectivity index (χ2v) is 10.7. The number of nitrogens with zero attached hydrogens (tertiary/aromatic N) is 4. The van der Waals surface area contributed by atoms with Gasteiger partial charge >= 0.3 is 0 Å². The van der Waals surface area contributed by atoms with Gasteiger partial charge in [0.05, 0.1) is 17.9 Å². The van der Waals surface area contributed by atoms with E-state index in [0.717, 1.165) is 12.0 Å². The van der Waals surface area contributed by atoms with Crippen LogP contribution in [0.3, 0.4) is 0 Å². The summed E-state index contributed by atoms with van der Waals surface area (Å²) in [6.45, 7) is 1.85. The second kappa shape index (κ2) is 9.57. The Morgan fingerprint density at radius 3 is 2.47 bits per heavy atom. The fraction of sp³-hybridized carbons (Fsp3) is 0.591. The molecule has 9 nitrogen and oxygen atoms in total. The number of carbonyl (C=O) groups is 2. The summed E-state index contributed by atoms with van der Waals surface area (Å²) in [7, 11) is -3.66. The number of nitriles is 1. The van der Waals surface area contributed by atoms with Gasteiger partial charge in [-0.25, -0.2) is 0 Å². The molecule has 0 aliphatic carbocycles. The van der Waals surface area contributed by atoms with Gasteiger partial charge in [0.2, 0.25) is 11.8 Å². The van der Waals surface area contributed by atoms with Crippen molar-refractivity contribution in [3.05, 3.63) is 35.9 Å². The number of rotatable bonds is 6. The summed E-state index contributed by atoms with van der Waals surface area (Å²) in [4.78, 5) is 27.7. The lowest BCUT2D eigenvalue weighted by molar-refractivity contribution is -0.142. The van der Waals surface area contributed by atoms with Crippen LogP contribution in [0.4, 0.5) is 0 Å². The number of amides is 2. The molecule has 0 saturated carbocycles. The third kappa shape index (κ3) is 4.65. The molecule has 3 saturated heterocycles. The summed E-state index contributed by atoms with van der Waals surface area (Å²) in [6, 6.07) is 11.2. The fourth-order valence-corrected chi connectivity index (χ4v) is 6.46. The predicted molar refractivity (Wildman–Crippen MR) is 117 cm³/mol. The third-order valence-electron chi connectivity index (χ3n) is 6.56. The van der Waals surface area contributed by atoms with Gasteiger partial charge in [-0.2, -0.15) is 22.3 Å². The van der Waals surface area contributed by atoms with E-state index in [1.54, 1.807) is 4.90 Å². The van der Waals surface area contributed by atoms with E-state index in [4.69, 9.17) is 5.26 Å². The summed E-state index contributed by atoms with van der Waals surface area (Å²) in [6.07, 6.45) is 2.59. The fourth-order valence-electron chi connectivity index (χ4n) is 4.67. The van der Waals surface area contributed by atoms with Gasteiger partial charge < -0.3 is 10.2 Å². The van der Waals surface area contributed by atoms with E-state index in [9.17, 15) is 18.0 Å². The van der Waals surface area contributed by atoms with Crippen molar-refractivity contribution in [2.24, 2.45) is 11.8 Å². The first kappa shape index (κ1) is 22.7. The molecule has 10 heteroatoms. The van der Waals surface area contributed by atoms with E-state index in [0.29, 0.717) is 38.9 Å². The lowest BCUT2D eigenvalue weighted by Crippen LogP contribution is -2.57. The predicted octanol–water partition coefficient (Wildman–Crippen LogP) is 0.706. The van der Waals surface area contributed by atoms with Crippen LogP contribution in [0, 0.1) is 23.2 Å². The second-order valence-electron chi connectivity index (χ2n) is 8.74. The molecule has 1 aromatic rings. The minimum atomic E-state index is -3.66. The van der Waals surface area contributed by atoms with E-state index in [-0.39, 0.29) is 37.4 Å². The Labute approximate surface area is 189 Å². The molecule has 2 atom stereocenters. The van der Waals surface area contributed by atoms with Crippen LogP contribution in [-0.2, 0) is 26.3 Å². The van der Waals surface area contributed by atoms with Gasteiger partial charge in [0.25, 0.3) is 10.2 Å². The molecule has 0 spiro atoms. The van der Waals surface area contributed by atoms with Crippen LogP contribution in [0.2, 0.25) is 0 Å². The molecule has 1 N–H and O–H groups in total. The molecule has 3 aliphatic heterocycles. The Hall–Kier alpha value is -2.48. The van der Waals surface area contributed by atoms with Crippen LogP contribution >= 0.6 is 0 Å². The SMILES string of the molecule is N#CC1CN(S(=O)(=O)N2CCCC(C(=O)N3CCCC3C(=O)NCc3ccccc3)C2)C1. The number of piperidine rings is 1. The van der Waals surface area contributed by atoms with Crippen LogP contribution in [0.5, 0.6) is 0 Å². The van der Waals surface area contributed by atoms with Crippen molar-refractivity contribution >= 4 is 22.0 Å². The van der Waals surface area contributed by atoms with Gasteiger partial charge in [0.1, 0.15) is 6.04 Å². The summed E-state index contributed by atoms with van der Waals surface area (Å²) in [5, 5.41) is 11.9. The molecule has 172 valence electrons. The minimum Gasteiger partial charge on any atom is -0.350 e. The van der Waals surface area contributed by atoms with Gasteiger partial charge in [0, 0.05) is 39.3 Å². The summed E-state index contributed by atoms with van der Waals surface area (Å²) in [5.41, 5.74) is 0.995. The maximum absolute atomic E-state index is 13.3. The highest BCUT2D eigenvalue weighted by atomic mass is 32.2. The number of hydrogen-bond donors (Lipinski definition) is 1. The third-order valence-corrected chi connectivity index (χ3v) is 8.50. The van der Waals surface area contributed by atoms with E-state index in [2.05, 4.69) is 11.4 Å². The molecule has 4 rings (SSSR count). The van der Waals surface area contributed by atoms with E-state index >= 15 is 0 Å². The highest BCUT2D eigenvalue weighted by Gasteiger charge is 2.44. The van der Waals surface area contributed by atoms with Crippen LogP contribution in [0.25, 0.3) is 0 Å².